The Morgan fingerprint density at radius 3 is 2.59 bits per heavy atom. The minimum Gasteiger partial charge on any atom is -0.495 e. The lowest BCUT2D eigenvalue weighted by Crippen LogP contribution is -2.40. The predicted octanol–water partition coefficient (Wildman–Crippen LogP) is 3.56. The second kappa shape index (κ2) is 7.35. The molecule has 3 rings (SSSR count). The van der Waals surface area contributed by atoms with Gasteiger partial charge in [0.1, 0.15) is 10.6 Å². The van der Waals surface area contributed by atoms with Crippen molar-refractivity contribution in [2.75, 3.05) is 19.9 Å². The smallest absolute Gasteiger partial charge is 0.254 e. The van der Waals surface area contributed by atoms with E-state index >= 15 is 0 Å². The quantitative estimate of drug-likeness (QED) is 0.805. The van der Waals surface area contributed by atoms with Crippen LogP contribution in [0.2, 0.25) is 0 Å². The molecular weight excluding hydrogens is 362 g/mol. The van der Waals surface area contributed by atoms with Crippen molar-refractivity contribution in [3.63, 3.8) is 0 Å². The highest BCUT2D eigenvalue weighted by atomic mass is 32.2. The summed E-state index contributed by atoms with van der Waals surface area (Å²) in [5.74, 6) is 0.0983. The number of sulfone groups is 1. The lowest BCUT2D eigenvalue weighted by atomic mass is 9.89. The van der Waals surface area contributed by atoms with Gasteiger partial charge < -0.3 is 9.64 Å². The molecule has 0 N–H and O–H groups in total. The molecule has 1 atom stereocenters. The van der Waals surface area contributed by atoms with Gasteiger partial charge in [0.15, 0.2) is 9.84 Å². The Morgan fingerprint density at radius 2 is 1.96 bits per heavy atom. The topological polar surface area (TPSA) is 63.7 Å². The number of carbonyl (C=O) groups is 1. The van der Waals surface area contributed by atoms with Crippen LogP contribution in [0.25, 0.3) is 0 Å². The number of methoxy groups -OCH3 is 1. The number of fused-ring (bicyclic) bond motifs is 1. The third-order valence-electron chi connectivity index (χ3n) is 5.11. The van der Waals surface area contributed by atoms with E-state index in [0.29, 0.717) is 12.1 Å². The Labute approximate surface area is 160 Å². The first kappa shape index (κ1) is 19.4. The molecule has 1 aliphatic rings. The fourth-order valence-electron chi connectivity index (χ4n) is 3.79. The van der Waals surface area contributed by atoms with E-state index in [2.05, 4.69) is 32.0 Å². The van der Waals surface area contributed by atoms with Crippen LogP contribution < -0.4 is 4.74 Å². The molecule has 2 aromatic rings. The van der Waals surface area contributed by atoms with Crippen LogP contribution >= 0.6 is 0 Å². The number of hydrogen-bond acceptors (Lipinski definition) is 4. The summed E-state index contributed by atoms with van der Waals surface area (Å²) in [6, 6.07) is 11.0. The van der Waals surface area contributed by atoms with Gasteiger partial charge >= 0.3 is 0 Å². The average Bonchev–Trinajstić information content (AvgIpc) is 2.65. The fourth-order valence-corrected chi connectivity index (χ4v) is 4.65. The van der Waals surface area contributed by atoms with Crippen LogP contribution in [0, 0.1) is 6.92 Å². The van der Waals surface area contributed by atoms with Gasteiger partial charge in [0.2, 0.25) is 0 Å². The van der Waals surface area contributed by atoms with E-state index in [1.54, 1.807) is 12.1 Å². The van der Waals surface area contributed by atoms with Crippen LogP contribution in [0.3, 0.4) is 0 Å². The number of ether oxygens (including phenoxy) is 1. The molecule has 0 aromatic heterocycles. The maximum absolute atomic E-state index is 13.2. The van der Waals surface area contributed by atoms with E-state index in [0.717, 1.165) is 19.1 Å². The lowest BCUT2D eigenvalue weighted by Gasteiger charge is -2.37. The Hall–Kier alpha value is -2.34. The summed E-state index contributed by atoms with van der Waals surface area (Å²) in [4.78, 5) is 15.1. The first-order chi connectivity index (χ1) is 12.8. The van der Waals surface area contributed by atoms with Gasteiger partial charge in [-0.1, -0.05) is 30.7 Å². The van der Waals surface area contributed by atoms with Crippen molar-refractivity contribution in [1.82, 2.24) is 4.90 Å². The zero-order valence-corrected chi connectivity index (χ0v) is 17.0. The van der Waals surface area contributed by atoms with Gasteiger partial charge in [-0.2, -0.15) is 0 Å². The van der Waals surface area contributed by atoms with Gasteiger partial charge in [0.25, 0.3) is 5.91 Å². The number of carbonyl (C=O) groups excluding carboxylic acids is 1. The van der Waals surface area contributed by atoms with E-state index in [9.17, 15) is 13.2 Å². The zero-order chi connectivity index (χ0) is 19.8. The molecule has 6 heteroatoms. The summed E-state index contributed by atoms with van der Waals surface area (Å²) in [6.07, 6.45) is 2.72. The molecule has 144 valence electrons. The molecule has 1 amide bonds. The Kier molecular flexibility index (Phi) is 5.29. The number of benzene rings is 2. The molecule has 0 radical (unpaired) electrons. The highest BCUT2D eigenvalue weighted by Gasteiger charge is 2.31. The lowest BCUT2D eigenvalue weighted by molar-refractivity contribution is 0.0655. The van der Waals surface area contributed by atoms with Crippen LogP contribution in [0.4, 0.5) is 0 Å². The molecule has 0 spiro atoms. The molecule has 27 heavy (non-hydrogen) atoms. The SMILES string of the molecule is CCC1c2ccc(C)cc2CCN1C(=O)c1ccc(OC)c(S(C)(=O)=O)c1. The van der Waals surface area contributed by atoms with Crippen LogP contribution in [0.15, 0.2) is 41.3 Å². The molecule has 0 saturated carbocycles. The normalized spacial score (nSPS) is 16.7. The van der Waals surface area contributed by atoms with E-state index in [4.69, 9.17) is 4.74 Å². The Balaban J connectivity index is 2.00. The first-order valence-corrected chi connectivity index (χ1v) is 10.9. The van der Waals surface area contributed by atoms with Crippen molar-refractivity contribution in [1.29, 1.82) is 0 Å². The molecule has 2 aromatic carbocycles. The molecular formula is C21H25NO4S. The predicted molar refractivity (Wildman–Crippen MR) is 105 cm³/mol. The molecule has 1 aliphatic heterocycles. The van der Waals surface area contributed by atoms with Crippen molar-refractivity contribution in [3.05, 3.63) is 58.7 Å². The van der Waals surface area contributed by atoms with Crippen molar-refractivity contribution in [2.45, 2.75) is 37.6 Å². The minimum absolute atomic E-state index is 0.00867. The number of nitrogens with zero attached hydrogens (tertiary/aromatic N) is 1. The number of rotatable bonds is 4. The van der Waals surface area contributed by atoms with Gasteiger partial charge in [-0.25, -0.2) is 8.42 Å². The standard InChI is InChI=1S/C21H25NO4S/c1-5-18-17-8-6-14(2)12-15(17)10-11-22(18)21(23)16-7-9-19(26-3)20(13-16)27(4,24)25/h6-9,12-13,18H,5,10-11H2,1-4H3. The van der Waals surface area contributed by atoms with Gasteiger partial charge in [-0.05, 0) is 49.1 Å². The van der Waals surface area contributed by atoms with Crippen LogP contribution in [0.1, 0.15) is 46.4 Å². The minimum atomic E-state index is -3.50. The van der Waals surface area contributed by atoms with Crippen LogP contribution in [0.5, 0.6) is 5.75 Å². The molecule has 0 bridgehead atoms. The van der Waals surface area contributed by atoms with Crippen LogP contribution in [-0.2, 0) is 16.3 Å². The summed E-state index contributed by atoms with van der Waals surface area (Å²) in [7, 11) is -2.08. The third kappa shape index (κ3) is 3.72. The van der Waals surface area contributed by atoms with Crippen molar-refractivity contribution in [3.8, 4) is 5.75 Å². The monoisotopic (exact) mass is 387 g/mol. The summed E-state index contributed by atoms with van der Waals surface area (Å²) in [6.45, 7) is 4.76. The summed E-state index contributed by atoms with van der Waals surface area (Å²) < 4.78 is 29.3. The maximum Gasteiger partial charge on any atom is 0.254 e. The zero-order valence-electron chi connectivity index (χ0n) is 16.2. The van der Waals surface area contributed by atoms with E-state index in [-0.39, 0.29) is 22.6 Å². The summed E-state index contributed by atoms with van der Waals surface area (Å²) in [5, 5.41) is 0. The molecule has 0 aliphatic carbocycles. The maximum atomic E-state index is 13.2. The van der Waals surface area contributed by atoms with E-state index < -0.39 is 9.84 Å². The van der Waals surface area contributed by atoms with Crippen molar-refractivity contribution >= 4 is 15.7 Å². The van der Waals surface area contributed by atoms with Gasteiger partial charge in [0, 0.05) is 18.4 Å². The van der Waals surface area contributed by atoms with Gasteiger partial charge in [0.05, 0.1) is 13.2 Å². The molecule has 0 fully saturated rings. The van der Waals surface area contributed by atoms with Crippen LogP contribution in [-0.4, -0.2) is 39.1 Å². The number of amides is 1. The Bertz CT molecular complexity index is 982. The summed E-state index contributed by atoms with van der Waals surface area (Å²) >= 11 is 0. The third-order valence-corrected chi connectivity index (χ3v) is 6.23. The van der Waals surface area contributed by atoms with E-state index in [1.165, 1.54) is 29.9 Å². The molecule has 0 saturated heterocycles. The first-order valence-electron chi connectivity index (χ1n) is 9.04. The molecule has 1 unspecified atom stereocenters. The second-order valence-corrected chi connectivity index (χ2v) is 9.00. The summed E-state index contributed by atoms with van der Waals surface area (Å²) in [5.41, 5.74) is 4.05. The van der Waals surface area contributed by atoms with Crippen molar-refractivity contribution < 1.29 is 17.9 Å². The van der Waals surface area contributed by atoms with E-state index in [1.807, 2.05) is 4.90 Å². The number of hydrogen-bond donors (Lipinski definition) is 0. The average molecular weight is 388 g/mol. The largest absolute Gasteiger partial charge is 0.495 e. The molecule has 5 nitrogen and oxygen atoms in total. The van der Waals surface area contributed by atoms with Crippen molar-refractivity contribution in [2.24, 2.45) is 0 Å². The molecule has 1 heterocycles. The fraction of sp³-hybridized carbons (Fsp3) is 0.381. The second-order valence-electron chi connectivity index (χ2n) is 7.01. The Morgan fingerprint density at radius 1 is 1.22 bits per heavy atom. The number of aryl methyl sites for hydroxylation is 1. The highest BCUT2D eigenvalue weighted by molar-refractivity contribution is 7.90. The highest BCUT2D eigenvalue weighted by Crippen LogP contribution is 2.34. The van der Waals surface area contributed by atoms with Gasteiger partial charge in [-0.15, -0.1) is 0 Å². The van der Waals surface area contributed by atoms with Gasteiger partial charge in [-0.3, -0.25) is 4.79 Å².